The summed E-state index contributed by atoms with van der Waals surface area (Å²) in [7, 11) is 0. The van der Waals surface area contributed by atoms with Gasteiger partial charge in [0, 0.05) is 6.61 Å². The van der Waals surface area contributed by atoms with Crippen molar-refractivity contribution in [2.24, 2.45) is 5.73 Å². The van der Waals surface area contributed by atoms with Crippen molar-refractivity contribution in [1.82, 2.24) is 0 Å². The highest BCUT2D eigenvalue weighted by Crippen LogP contribution is 1.93. The molecule has 0 heterocycles. The van der Waals surface area contributed by atoms with Crippen LogP contribution in [0, 0.1) is 0 Å². The zero-order valence-electron chi connectivity index (χ0n) is 8.57. The van der Waals surface area contributed by atoms with E-state index in [1.165, 1.54) is 0 Å². The smallest absolute Gasteiger partial charge is 0.335 e. The topological polar surface area (TPSA) is 81.8 Å². The third-order valence-electron chi connectivity index (χ3n) is 1.53. The molecule has 0 unspecified atom stereocenters. The maximum atomic E-state index is 11.0. The van der Waals surface area contributed by atoms with Crippen molar-refractivity contribution in [2.75, 3.05) is 26.4 Å². The summed E-state index contributed by atoms with van der Waals surface area (Å²) in [5.74, 6) is -0.629. The maximum Gasteiger partial charge on any atom is 0.335 e. The quantitative estimate of drug-likeness (QED) is 0.418. The first-order chi connectivity index (χ1) is 6.72. The van der Waals surface area contributed by atoms with Crippen molar-refractivity contribution >= 4 is 5.97 Å². The molecule has 0 amide bonds. The maximum absolute atomic E-state index is 11.0. The van der Waals surface area contributed by atoms with E-state index >= 15 is 0 Å². The van der Waals surface area contributed by atoms with E-state index in [4.69, 9.17) is 20.3 Å². The Balaban J connectivity index is 3.34. The fraction of sp³-hybridized carbons (Fsp3) is 0.889. The zero-order chi connectivity index (χ0) is 10.8. The fourth-order valence-corrected chi connectivity index (χ4v) is 0.819. The van der Waals surface area contributed by atoms with Gasteiger partial charge in [0.2, 0.25) is 0 Å². The average Bonchev–Trinajstić information content (AvgIpc) is 2.17. The molecule has 14 heavy (non-hydrogen) atoms. The highest BCUT2D eigenvalue weighted by atomic mass is 16.6. The lowest BCUT2D eigenvalue weighted by atomic mass is 10.2. The van der Waals surface area contributed by atoms with Gasteiger partial charge >= 0.3 is 5.97 Å². The van der Waals surface area contributed by atoms with Crippen molar-refractivity contribution in [3.8, 4) is 0 Å². The predicted octanol–water partition coefficient (Wildman–Crippen LogP) is -0.334. The number of esters is 1. The minimum Gasteiger partial charge on any atom is -0.461 e. The summed E-state index contributed by atoms with van der Waals surface area (Å²) in [6, 6.07) is 0. The fourth-order valence-electron chi connectivity index (χ4n) is 0.819. The number of aliphatic hydroxyl groups is 1. The van der Waals surface area contributed by atoms with Crippen LogP contribution in [0.5, 0.6) is 0 Å². The van der Waals surface area contributed by atoms with Crippen LogP contribution in [0.2, 0.25) is 0 Å². The van der Waals surface area contributed by atoms with Gasteiger partial charge in [-0.1, -0.05) is 6.92 Å². The van der Waals surface area contributed by atoms with Gasteiger partial charge in [0.15, 0.2) is 6.10 Å². The molecule has 0 bridgehead atoms. The third kappa shape index (κ3) is 6.82. The molecule has 0 spiro atoms. The van der Waals surface area contributed by atoms with Crippen LogP contribution in [0.15, 0.2) is 0 Å². The second-order valence-electron chi connectivity index (χ2n) is 2.87. The van der Waals surface area contributed by atoms with Crippen LogP contribution in [-0.2, 0) is 14.3 Å². The van der Waals surface area contributed by atoms with E-state index < -0.39 is 12.1 Å². The van der Waals surface area contributed by atoms with Gasteiger partial charge in [0.05, 0.1) is 6.61 Å². The normalized spacial score (nSPS) is 12.5. The van der Waals surface area contributed by atoms with Crippen molar-refractivity contribution in [3.05, 3.63) is 0 Å². The van der Waals surface area contributed by atoms with E-state index in [9.17, 15) is 4.79 Å². The van der Waals surface area contributed by atoms with E-state index in [0.29, 0.717) is 13.2 Å². The summed E-state index contributed by atoms with van der Waals surface area (Å²) >= 11 is 0. The van der Waals surface area contributed by atoms with Gasteiger partial charge in [-0.2, -0.15) is 0 Å². The Morgan fingerprint density at radius 3 is 2.71 bits per heavy atom. The van der Waals surface area contributed by atoms with Gasteiger partial charge in [0.1, 0.15) is 6.61 Å². The van der Waals surface area contributed by atoms with Crippen LogP contribution in [0.25, 0.3) is 0 Å². The lowest BCUT2D eigenvalue weighted by molar-refractivity contribution is -0.155. The van der Waals surface area contributed by atoms with Crippen molar-refractivity contribution < 1.29 is 19.4 Å². The number of hydrogen-bond donors (Lipinski definition) is 2. The molecule has 0 aromatic heterocycles. The first-order valence-electron chi connectivity index (χ1n) is 4.84. The van der Waals surface area contributed by atoms with Crippen LogP contribution >= 0.6 is 0 Å². The second-order valence-corrected chi connectivity index (χ2v) is 2.87. The van der Waals surface area contributed by atoms with Gasteiger partial charge < -0.3 is 20.3 Å². The van der Waals surface area contributed by atoms with E-state index in [0.717, 1.165) is 6.42 Å². The van der Waals surface area contributed by atoms with Gasteiger partial charge in [-0.15, -0.1) is 0 Å². The Morgan fingerprint density at radius 2 is 2.14 bits per heavy atom. The molecule has 0 saturated carbocycles. The molecule has 0 aliphatic carbocycles. The number of ether oxygens (including phenoxy) is 2. The SMILES string of the molecule is CCCOCCOC(=O)[C@@H](O)CCN. The number of carbonyl (C=O) groups excluding carboxylic acids is 1. The lowest BCUT2D eigenvalue weighted by Gasteiger charge is -2.09. The summed E-state index contributed by atoms with van der Waals surface area (Å²) in [6.45, 7) is 3.47. The Hall–Kier alpha value is -0.650. The van der Waals surface area contributed by atoms with Crippen molar-refractivity contribution in [1.29, 1.82) is 0 Å². The minimum absolute atomic E-state index is 0.181. The first kappa shape index (κ1) is 13.4. The van der Waals surface area contributed by atoms with Crippen LogP contribution in [0.1, 0.15) is 19.8 Å². The molecule has 0 saturated heterocycles. The van der Waals surface area contributed by atoms with E-state index in [1.54, 1.807) is 0 Å². The van der Waals surface area contributed by atoms with E-state index in [1.807, 2.05) is 6.92 Å². The molecule has 1 atom stereocenters. The number of aliphatic hydroxyl groups excluding tert-OH is 1. The molecule has 0 rings (SSSR count). The summed E-state index contributed by atoms with van der Waals surface area (Å²) < 4.78 is 9.82. The summed E-state index contributed by atoms with van der Waals surface area (Å²) in [4.78, 5) is 11.0. The second kappa shape index (κ2) is 8.93. The molecule has 0 fully saturated rings. The van der Waals surface area contributed by atoms with Gasteiger partial charge in [0.25, 0.3) is 0 Å². The van der Waals surface area contributed by atoms with Gasteiger partial charge in [-0.3, -0.25) is 0 Å². The number of carbonyl (C=O) groups is 1. The molecule has 0 aliphatic heterocycles. The summed E-state index contributed by atoms with van der Waals surface area (Å²) in [6.07, 6.45) is 0.0597. The van der Waals surface area contributed by atoms with Crippen LogP contribution in [-0.4, -0.2) is 43.5 Å². The molecular weight excluding hydrogens is 186 g/mol. The monoisotopic (exact) mass is 205 g/mol. The molecule has 3 N–H and O–H groups in total. The highest BCUT2D eigenvalue weighted by Gasteiger charge is 2.14. The standard InChI is InChI=1S/C9H19NO4/c1-2-5-13-6-7-14-9(12)8(11)3-4-10/h8,11H,2-7,10H2,1H3/t8-/m0/s1. The van der Waals surface area contributed by atoms with E-state index in [-0.39, 0.29) is 19.6 Å². The number of rotatable bonds is 8. The Bertz CT molecular complexity index is 152. The largest absolute Gasteiger partial charge is 0.461 e. The molecule has 5 nitrogen and oxygen atoms in total. The van der Waals surface area contributed by atoms with Crippen molar-refractivity contribution in [2.45, 2.75) is 25.9 Å². The Labute approximate surface area is 84.2 Å². The van der Waals surface area contributed by atoms with Gasteiger partial charge in [-0.25, -0.2) is 4.79 Å². The Morgan fingerprint density at radius 1 is 1.43 bits per heavy atom. The molecular formula is C9H19NO4. The highest BCUT2D eigenvalue weighted by molar-refractivity contribution is 5.74. The molecule has 0 aromatic carbocycles. The Kier molecular flexibility index (Phi) is 8.51. The first-order valence-corrected chi connectivity index (χ1v) is 4.84. The molecule has 5 heteroatoms. The average molecular weight is 205 g/mol. The zero-order valence-corrected chi connectivity index (χ0v) is 8.57. The molecule has 0 radical (unpaired) electrons. The number of hydrogen-bond acceptors (Lipinski definition) is 5. The van der Waals surface area contributed by atoms with Crippen LogP contribution in [0.4, 0.5) is 0 Å². The van der Waals surface area contributed by atoms with Crippen LogP contribution < -0.4 is 5.73 Å². The van der Waals surface area contributed by atoms with Crippen LogP contribution in [0.3, 0.4) is 0 Å². The number of nitrogens with two attached hydrogens (primary N) is 1. The van der Waals surface area contributed by atoms with Crippen molar-refractivity contribution in [3.63, 3.8) is 0 Å². The predicted molar refractivity (Wildman–Crippen MR) is 51.7 cm³/mol. The summed E-state index contributed by atoms with van der Waals surface area (Å²) in [5.41, 5.74) is 5.17. The third-order valence-corrected chi connectivity index (χ3v) is 1.53. The summed E-state index contributed by atoms with van der Waals surface area (Å²) in [5, 5.41) is 9.13. The van der Waals surface area contributed by atoms with Gasteiger partial charge in [-0.05, 0) is 19.4 Å². The minimum atomic E-state index is -1.11. The molecule has 0 aliphatic rings. The molecule has 0 aromatic rings. The van der Waals surface area contributed by atoms with E-state index in [2.05, 4.69) is 0 Å². The molecule has 84 valence electrons. The lowest BCUT2D eigenvalue weighted by Crippen LogP contribution is -2.27.